The zero-order valence-corrected chi connectivity index (χ0v) is 11.0. The largest absolute Gasteiger partial charge is 0.368 e. The first-order valence-electron chi connectivity index (χ1n) is 6.77. The van der Waals surface area contributed by atoms with E-state index < -0.39 is 0 Å². The molecule has 0 unspecified atom stereocenters. The van der Waals surface area contributed by atoms with Gasteiger partial charge in [0.25, 0.3) is 0 Å². The van der Waals surface area contributed by atoms with Crippen LogP contribution in [0.1, 0.15) is 37.7 Å². The Balaban J connectivity index is 1.86. The molecule has 0 radical (unpaired) electrons. The van der Waals surface area contributed by atoms with E-state index in [1.807, 2.05) is 6.07 Å². The minimum Gasteiger partial charge on any atom is -0.368 e. The molecule has 1 amide bonds. The molecule has 0 aliphatic carbocycles. The van der Waals surface area contributed by atoms with Crippen LogP contribution in [0, 0.1) is 0 Å². The van der Waals surface area contributed by atoms with Crippen LogP contribution in [-0.4, -0.2) is 29.9 Å². The number of rotatable bonds is 5. The maximum atomic E-state index is 11.3. The first-order chi connectivity index (χ1) is 8.68. The third-order valence-electron chi connectivity index (χ3n) is 3.91. The van der Waals surface area contributed by atoms with Crippen molar-refractivity contribution in [2.24, 2.45) is 5.73 Å². The van der Waals surface area contributed by atoms with Crippen molar-refractivity contribution in [1.82, 2.24) is 4.90 Å². The second-order valence-electron chi connectivity index (χ2n) is 5.20. The van der Waals surface area contributed by atoms with Crippen molar-refractivity contribution in [2.45, 2.75) is 38.1 Å². The van der Waals surface area contributed by atoms with Gasteiger partial charge in [-0.15, -0.1) is 0 Å². The van der Waals surface area contributed by atoms with Gasteiger partial charge in [-0.05, 0) is 43.8 Å². The number of nitrogens with two attached hydrogens (primary N) is 1. The average molecular weight is 246 g/mol. The minimum atomic E-state index is -0.167. The number of benzene rings is 1. The van der Waals surface area contributed by atoms with Gasteiger partial charge in [0.15, 0.2) is 0 Å². The van der Waals surface area contributed by atoms with Crippen LogP contribution >= 0.6 is 0 Å². The second-order valence-corrected chi connectivity index (χ2v) is 5.20. The smallest absolute Gasteiger partial charge is 0.234 e. The molecule has 1 aromatic rings. The molecule has 0 bridgehead atoms. The molecule has 0 saturated carbocycles. The Labute approximate surface area is 109 Å². The van der Waals surface area contributed by atoms with Gasteiger partial charge in [-0.2, -0.15) is 0 Å². The fourth-order valence-electron chi connectivity index (χ4n) is 2.72. The van der Waals surface area contributed by atoms with Gasteiger partial charge in [-0.1, -0.05) is 37.3 Å². The van der Waals surface area contributed by atoms with Crippen molar-refractivity contribution in [1.29, 1.82) is 0 Å². The van der Waals surface area contributed by atoms with E-state index in [0.29, 0.717) is 5.92 Å². The normalized spacial score (nSPS) is 21.9. The molecule has 3 nitrogen and oxygen atoms in total. The maximum absolute atomic E-state index is 11.3. The fourth-order valence-corrected chi connectivity index (χ4v) is 2.72. The molecule has 1 aromatic carbocycles. The summed E-state index contributed by atoms with van der Waals surface area (Å²) < 4.78 is 0. The average Bonchev–Trinajstić information content (AvgIpc) is 2.85. The van der Waals surface area contributed by atoms with Crippen LogP contribution in [0.2, 0.25) is 0 Å². The molecule has 0 spiro atoms. The summed E-state index contributed by atoms with van der Waals surface area (Å²) in [5, 5.41) is 0. The summed E-state index contributed by atoms with van der Waals surface area (Å²) in [4.78, 5) is 13.5. The Morgan fingerprint density at radius 1 is 1.44 bits per heavy atom. The summed E-state index contributed by atoms with van der Waals surface area (Å²) in [6.07, 6.45) is 3.09. The number of nitrogens with zero attached hydrogens (tertiary/aromatic N) is 1. The molecule has 1 aliphatic rings. The molecular formula is C15H22N2O. The lowest BCUT2D eigenvalue weighted by molar-refractivity contribution is -0.122. The standard InChI is InChI=1S/C15H22N2O/c1-12(13-6-3-2-4-7-13)9-11-17-10-5-8-14(17)15(16)18/h2-4,6-7,12,14H,5,8-11H2,1H3,(H2,16,18)/t12-,14-/m0/s1. The Morgan fingerprint density at radius 2 is 2.17 bits per heavy atom. The zero-order valence-electron chi connectivity index (χ0n) is 11.0. The highest BCUT2D eigenvalue weighted by atomic mass is 16.1. The molecule has 18 heavy (non-hydrogen) atoms. The van der Waals surface area contributed by atoms with Crippen LogP contribution in [0.5, 0.6) is 0 Å². The Morgan fingerprint density at radius 3 is 2.83 bits per heavy atom. The highest BCUT2D eigenvalue weighted by Crippen LogP contribution is 2.22. The second kappa shape index (κ2) is 6.01. The van der Waals surface area contributed by atoms with E-state index in [1.54, 1.807) is 0 Å². The zero-order chi connectivity index (χ0) is 13.0. The van der Waals surface area contributed by atoms with Crippen molar-refractivity contribution in [3.63, 3.8) is 0 Å². The van der Waals surface area contributed by atoms with Gasteiger partial charge < -0.3 is 5.73 Å². The number of primary amides is 1. The number of hydrogen-bond donors (Lipinski definition) is 1. The topological polar surface area (TPSA) is 46.3 Å². The van der Waals surface area contributed by atoms with Gasteiger partial charge in [0.05, 0.1) is 6.04 Å². The lowest BCUT2D eigenvalue weighted by Crippen LogP contribution is -2.40. The molecule has 1 saturated heterocycles. The quantitative estimate of drug-likeness (QED) is 0.865. The van der Waals surface area contributed by atoms with E-state index in [4.69, 9.17) is 5.73 Å². The molecule has 0 aromatic heterocycles. The number of amides is 1. The maximum Gasteiger partial charge on any atom is 0.234 e. The summed E-state index contributed by atoms with van der Waals surface area (Å²) in [5.41, 5.74) is 6.79. The third-order valence-corrected chi connectivity index (χ3v) is 3.91. The van der Waals surface area contributed by atoms with Gasteiger partial charge in [0.1, 0.15) is 0 Å². The Hall–Kier alpha value is -1.35. The van der Waals surface area contributed by atoms with Gasteiger partial charge in [-0.25, -0.2) is 0 Å². The summed E-state index contributed by atoms with van der Waals surface area (Å²) in [7, 11) is 0. The van der Waals surface area contributed by atoms with Crippen LogP contribution in [0.3, 0.4) is 0 Å². The van der Waals surface area contributed by atoms with Crippen LogP contribution < -0.4 is 5.73 Å². The van der Waals surface area contributed by atoms with Gasteiger partial charge in [-0.3, -0.25) is 9.69 Å². The highest BCUT2D eigenvalue weighted by Gasteiger charge is 2.28. The van der Waals surface area contributed by atoms with Crippen molar-refractivity contribution in [3.05, 3.63) is 35.9 Å². The van der Waals surface area contributed by atoms with Crippen molar-refractivity contribution in [3.8, 4) is 0 Å². The minimum absolute atomic E-state index is 0.0343. The first-order valence-corrected chi connectivity index (χ1v) is 6.77. The Kier molecular flexibility index (Phi) is 4.37. The number of carbonyl (C=O) groups excluding carboxylic acids is 1. The van der Waals surface area contributed by atoms with E-state index in [0.717, 1.165) is 32.4 Å². The molecule has 1 heterocycles. The summed E-state index contributed by atoms with van der Waals surface area (Å²) in [5.74, 6) is 0.361. The molecular weight excluding hydrogens is 224 g/mol. The first kappa shape index (κ1) is 13.1. The lowest BCUT2D eigenvalue weighted by Gasteiger charge is -2.23. The van der Waals surface area contributed by atoms with Crippen LogP contribution in [0.15, 0.2) is 30.3 Å². The van der Waals surface area contributed by atoms with Gasteiger partial charge in [0, 0.05) is 0 Å². The van der Waals surface area contributed by atoms with E-state index in [1.165, 1.54) is 5.56 Å². The summed E-state index contributed by atoms with van der Waals surface area (Å²) in [6.45, 7) is 4.21. The van der Waals surface area contributed by atoms with Crippen LogP contribution in [0.25, 0.3) is 0 Å². The molecule has 1 aliphatic heterocycles. The van der Waals surface area contributed by atoms with Gasteiger partial charge in [0.2, 0.25) is 5.91 Å². The predicted molar refractivity (Wildman–Crippen MR) is 73.3 cm³/mol. The van der Waals surface area contributed by atoms with Crippen LogP contribution in [-0.2, 0) is 4.79 Å². The van der Waals surface area contributed by atoms with Crippen molar-refractivity contribution < 1.29 is 4.79 Å². The van der Waals surface area contributed by atoms with Gasteiger partial charge >= 0.3 is 0 Å². The molecule has 98 valence electrons. The van der Waals surface area contributed by atoms with Crippen molar-refractivity contribution >= 4 is 5.91 Å². The Bertz CT molecular complexity index is 391. The fraction of sp³-hybridized carbons (Fsp3) is 0.533. The predicted octanol–water partition coefficient (Wildman–Crippen LogP) is 2.13. The monoisotopic (exact) mass is 246 g/mol. The van der Waals surface area contributed by atoms with E-state index in [2.05, 4.69) is 36.1 Å². The highest BCUT2D eigenvalue weighted by molar-refractivity contribution is 5.80. The van der Waals surface area contributed by atoms with E-state index in [9.17, 15) is 4.79 Å². The number of carbonyl (C=O) groups is 1. The van der Waals surface area contributed by atoms with Crippen LogP contribution in [0.4, 0.5) is 0 Å². The number of likely N-dealkylation sites (tertiary alicyclic amines) is 1. The molecule has 2 atom stereocenters. The summed E-state index contributed by atoms with van der Waals surface area (Å²) in [6, 6.07) is 10.5. The third kappa shape index (κ3) is 3.10. The molecule has 2 rings (SSSR count). The van der Waals surface area contributed by atoms with E-state index >= 15 is 0 Å². The molecule has 1 fully saturated rings. The summed E-state index contributed by atoms with van der Waals surface area (Å²) >= 11 is 0. The number of hydrogen-bond acceptors (Lipinski definition) is 2. The lowest BCUT2D eigenvalue weighted by atomic mass is 9.97. The SMILES string of the molecule is C[C@@H](CCN1CCC[C@H]1C(N)=O)c1ccccc1. The van der Waals surface area contributed by atoms with Crippen molar-refractivity contribution in [2.75, 3.05) is 13.1 Å². The molecule has 3 heteroatoms. The van der Waals surface area contributed by atoms with E-state index in [-0.39, 0.29) is 11.9 Å². The molecule has 2 N–H and O–H groups in total.